The molecule has 0 atom stereocenters. The van der Waals surface area contributed by atoms with Gasteiger partial charge in [0.25, 0.3) is 5.91 Å². The topological polar surface area (TPSA) is 55.6 Å². The van der Waals surface area contributed by atoms with E-state index in [-0.39, 0.29) is 5.82 Å². The molecule has 1 aliphatic heterocycles. The van der Waals surface area contributed by atoms with Crippen molar-refractivity contribution in [3.63, 3.8) is 0 Å². The smallest absolute Gasteiger partial charge is 0.265 e. The lowest BCUT2D eigenvalue weighted by atomic mass is 10.2. The summed E-state index contributed by atoms with van der Waals surface area (Å²) in [5, 5.41) is 0. The molecule has 132 valence electrons. The van der Waals surface area contributed by atoms with Gasteiger partial charge in [-0.25, -0.2) is 4.39 Å². The van der Waals surface area contributed by atoms with Crippen LogP contribution in [0.15, 0.2) is 84.7 Å². The molecular weight excluding hydrogens is 331 g/mol. The summed E-state index contributed by atoms with van der Waals surface area (Å²) in [5.41, 5.74) is 7.65. The molecule has 5 heteroatoms. The van der Waals surface area contributed by atoms with Crippen molar-refractivity contribution < 1.29 is 13.9 Å². The fourth-order valence-electron chi connectivity index (χ4n) is 2.58. The van der Waals surface area contributed by atoms with Gasteiger partial charge in [0.05, 0.1) is 0 Å². The van der Waals surface area contributed by atoms with Crippen LogP contribution in [-0.4, -0.2) is 10.8 Å². The Morgan fingerprint density at radius 2 is 1.85 bits per heavy atom. The zero-order valence-corrected chi connectivity index (χ0v) is 14.1. The predicted molar refractivity (Wildman–Crippen MR) is 98.3 cm³/mol. The molecule has 26 heavy (non-hydrogen) atoms. The molecule has 2 N–H and O–H groups in total. The molecule has 2 aromatic rings. The van der Waals surface area contributed by atoms with Gasteiger partial charge in [-0.15, -0.1) is 0 Å². The van der Waals surface area contributed by atoms with Crippen LogP contribution in [0.3, 0.4) is 0 Å². The third-order valence-electron chi connectivity index (χ3n) is 3.88. The Labute approximate surface area is 151 Å². The Balaban J connectivity index is 1.63. The third kappa shape index (κ3) is 4.60. The first-order chi connectivity index (χ1) is 12.6. The molecule has 2 aromatic carbocycles. The summed E-state index contributed by atoms with van der Waals surface area (Å²) in [5.74, 6) is -0.0623. The van der Waals surface area contributed by atoms with E-state index in [1.165, 1.54) is 12.1 Å². The standard InChI is InChI=1S/C21H19FN2O2/c22-18-6-4-5-17(13-18)15-26-19-10-8-16(9-11-19)14-24-12-3-1-2-7-20(24)21(23)25/h1-13H,14-15H2,(H2,23,25). The fourth-order valence-corrected chi connectivity index (χ4v) is 2.58. The van der Waals surface area contributed by atoms with E-state index >= 15 is 0 Å². The van der Waals surface area contributed by atoms with Crippen LogP contribution in [0.1, 0.15) is 11.1 Å². The molecule has 0 aromatic heterocycles. The monoisotopic (exact) mass is 350 g/mol. The molecule has 0 spiro atoms. The van der Waals surface area contributed by atoms with E-state index in [9.17, 15) is 9.18 Å². The predicted octanol–water partition coefficient (Wildman–Crippen LogP) is 3.66. The number of rotatable bonds is 6. The van der Waals surface area contributed by atoms with Gasteiger partial charge in [0.15, 0.2) is 0 Å². The van der Waals surface area contributed by atoms with Crippen molar-refractivity contribution in [3.8, 4) is 5.75 Å². The van der Waals surface area contributed by atoms with Crippen molar-refractivity contribution in [2.24, 2.45) is 5.73 Å². The van der Waals surface area contributed by atoms with Gasteiger partial charge in [0, 0.05) is 12.7 Å². The Morgan fingerprint density at radius 1 is 1.04 bits per heavy atom. The van der Waals surface area contributed by atoms with E-state index in [0.717, 1.165) is 11.1 Å². The second-order valence-corrected chi connectivity index (χ2v) is 5.83. The van der Waals surface area contributed by atoms with Gasteiger partial charge in [-0.1, -0.05) is 36.4 Å². The van der Waals surface area contributed by atoms with Crippen LogP contribution in [0.5, 0.6) is 5.75 Å². The maximum atomic E-state index is 13.2. The number of carbonyl (C=O) groups excluding carboxylic acids is 1. The van der Waals surface area contributed by atoms with Crippen molar-refractivity contribution in [1.29, 1.82) is 0 Å². The van der Waals surface area contributed by atoms with Gasteiger partial charge < -0.3 is 15.4 Å². The van der Waals surface area contributed by atoms with Gasteiger partial charge in [-0.3, -0.25) is 4.79 Å². The van der Waals surface area contributed by atoms with Crippen LogP contribution < -0.4 is 10.5 Å². The van der Waals surface area contributed by atoms with E-state index in [2.05, 4.69) is 0 Å². The largest absolute Gasteiger partial charge is 0.489 e. The molecular formula is C21H19FN2O2. The average Bonchev–Trinajstić information content (AvgIpc) is 2.87. The normalized spacial score (nSPS) is 13.3. The molecule has 3 rings (SSSR count). The first kappa shape index (κ1) is 17.5. The fraction of sp³-hybridized carbons (Fsp3) is 0.0952. The summed E-state index contributed by atoms with van der Waals surface area (Å²) in [6.45, 7) is 0.809. The zero-order chi connectivity index (χ0) is 18.4. The van der Waals surface area contributed by atoms with E-state index in [1.807, 2.05) is 48.7 Å². The number of hydrogen-bond donors (Lipinski definition) is 1. The van der Waals surface area contributed by atoms with Crippen LogP contribution in [0, 0.1) is 5.82 Å². The average molecular weight is 350 g/mol. The minimum absolute atomic E-state index is 0.278. The first-order valence-corrected chi connectivity index (χ1v) is 8.19. The molecule has 0 aliphatic carbocycles. The van der Waals surface area contributed by atoms with E-state index in [1.54, 1.807) is 23.1 Å². The van der Waals surface area contributed by atoms with E-state index < -0.39 is 5.91 Å². The molecule has 0 saturated carbocycles. The van der Waals surface area contributed by atoms with Crippen LogP contribution in [-0.2, 0) is 17.9 Å². The van der Waals surface area contributed by atoms with Crippen LogP contribution >= 0.6 is 0 Å². The Hall–Kier alpha value is -3.34. The molecule has 0 fully saturated rings. The molecule has 0 bridgehead atoms. The lowest BCUT2D eigenvalue weighted by molar-refractivity contribution is -0.115. The molecule has 1 heterocycles. The van der Waals surface area contributed by atoms with Crippen molar-refractivity contribution in [2.45, 2.75) is 13.2 Å². The van der Waals surface area contributed by atoms with Crippen molar-refractivity contribution in [2.75, 3.05) is 0 Å². The lowest BCUT2D eigenvalue weighted by Gasteiger charge is -2.21. The number of halogens is 1. The Morgan fingerprint density at radius 3 is 2.58 bits per heavy atom. The number of amides is 1. The Bertz CT molecular complexity index is 870. The van der Waals surface area contributed by atoms with E-state index in [0.29, 0.717) is 24.6 Å². The highest BCUT2D eigenvalue weighted by Crippen LogP contribution is 2.18. The molecule has 1 amide bonds. The van der Waals surface area contributed by atoms with Gasteiger partial charge >= 0.3 is 0 Å². The highest BCUT2D eigenvalue weighted by molar-refractivity contribution is 5.91. The molecule has 0 radical (unpaired) electrons. The molecule has 1 aliphatic rings. The number of allylic oxidation sites excluding steroid dienone is 4. The number of nitrogens with two attached hydrogens (primary N) is 1. The zero-order valence-electron chi connectivity index (χ0n) is 14.1. The minimum atomic E-state index is -0.476. The number of nitrogens with zero attached hydrogens (tertiary/aromatic N) is 1. The summed E-state index contributed by atoms with van der Waals surface area (Å²) in [6, 6.07) is 13.9. The number of primary amides is 1. The van der Waals surface area contributed by atoms with Gasteiger partial charge in [0.1, 0.15) is 23.9 Å². The third-order valence-corrected chi connectivity index (χ3v) is 3.88. The molecule has 0 saturated heterocycles. The highest BCUT2D eigenvalue weighted by Gasteiger charge is 2.13. The van der Waals surface area contributed by atoms with Gasteiger partial charge in [-0.2, -0.15) is 0 Å². The second kappa shape index (κ2) is 8.16. The summed E-state index contributed by atoms with van der Waals surface area (Å²) in [6.07, 6.45) is 8.97. The summed E-state index contributed by atoms with van der Waals surface area (Å²) in [7, 11) is 0. The molecule has 4 nitrogen and oxygen atoms in total. The summed E-state index contributed by atoms with van der Waals surface area (Å²) < 4.78 is 18.9. The SMILES string of the molecule is NC(=O)C1=CC=CC=CN1Cc1ccc(OCc2cccc(F)c2)cc1. The van der Waals surface area contributed by atoms with E-state index in [4.69, 9.17) is 10.5 Å². The van der Waals surface area contributed by atoms with Gasteiger partial charge in [0.2, 0.25) is 0 Å². The summed E-state index contributed by atoms with van der Waals surface area (Å²) >= 11 is 0. The van der Waals surface area contributed by atoms with Crippen molar-refractivity contribution in [3.05, 3.63) is 102 Å². The number of hydrogen-bond acceptors (Lipinski definition) is 3. The maximum Gasteiger partial charge on any atom is 0.265 e. The summed E-state index contributed by atoms with van der Waals surface area (Å²) in [4.78, 5) is 13.4. The number of ether oxygens (including phenoxy) is 1. The lowest BCUT2D eigenvalue weighted by Crippen LogP contribution is -2.27. The first-order valence-electron chi connectivity index (χ1n) is 8.19. The molecule has 0 unspecified atom stereocenters. The van der Waals surface area contributed by atoms with Crippen molar-refractivity contribution in [1.82, 2.24) is 4.90 Å². The van der Waals surface area contributed by atoms with Crippen LogP contribution in [0.4, 0.5) is 4.39 Å². The van der Waals surface area contributed by atoms with Gasteiger partial charge in [-0.05, 0) is 47.5 Å². The minimum Gasteiger partial charge on any atom is -0.489 e. The van der Waals surface area contributed by atoms with Crippen molar-refractivity contribution >= 4 is 5.91 Å². The second-order valence-electron chi connectivity index (χ2n) is 5.83. The quantitative estimate of drug-likeness (QED) is 0.865. The van der Waals surface area contributed by atoms with Crippen LogP contribution in [0.2, 0.25) is 0 Å². The highest BCUT2D eigenvalue weighted by atomic mass is 19.1. The number of benzene rings is 2. The Kier molecular flexibility index (Phi) is 5.49. The van der Waals surface area contributed by atoms with Crippen LogP contribution in [0.25, 0.3) is 0 Å². The number of carbonyl (C=O) groups is 1. The maximum absolute atomic E-state index is 13.2.